The van der Waals surface area contributed by atoms with Crippen molar-refractivity contribution >= 4 is 11.8 Å². The molecule has 0 unspecified atom stereocenters. The van der Waals surface area contributed by atoms with Crippen LogP contribution in [0.1, 0.15) is 20.7 Å². The third kappa shape index (κ3) is 1.87. The van der Waals surface area contributed by atoms with Crippen LogP contribution in [0.25, 0.3) is 0 Å². The number of amides is 2. The summed E-state index contributed by atoms with van der Waals surface area (Å²) in [5, 5.41) is 18.9. The topological polar surface area (TPSA) is 151 Å². The van der Waals surface area contributed by atoms with Crippen LogP contribution in [-0.4, -0.2) is 22.0 Å². The van der Waals surface area contributed by atoms with Gasteiger partial charge >= 0.3 is 0 Å². The quantitative estimate of drug-likeness (QED) is 0.153. The van der Waals surface area contributed by atoms with Gasteiger partial charge in [0, 0.05) is 0 Å². The van der Waals surface area contributed by atoms with E-state index in [-0.39, 0.29) is 11.1 Å². The fraction of sp³-hybridized carbons (Fsp3) is 0. The number of hydrogen-bond acceptors (Lipinski definition) is 6. The molecule has 0 saturated carbocycles. The van der Waals surface area contributed by atoms with Gasteiger partial charge in [-0.1, -0.05) is 0 Å². The highest BCUT2D eigenvalue weighted by Crippen LogP contribution is 2.32. The van der Waals surface area contributed by atoms with Crippen molar-refractivity contribution in [3.05, 3.63) is 23.3 Å². The van der Waals surface area contributed by atoms with Gasteiger partial charge in [-0.25, -0.2) is 11.7 Å². The highest BCUT2D eigenvalue weighted by Gasteiger charge is 2.19. The number of hydrazine groups is 2. The van der Waals surface area contributed by atoms with Gasteiger partial charge in [-0.05, 0) is 12.1 Å². The lowest BCUT2D eigenvalue weighted by atomic mass is 10.1. The summed E-state index contributed by atoms with van der Waals surface area (Å²) in [6.45, 7) is 0. The molecule has 0 heterocycles. The fourth-order valence-electron chi connectivity index (χ4n) is 1.10. The van der Waals surface area contributed by atoms with Crippen molar-refractivity contribution in [1.82, 2.24) is 10.9 Å². The van der Waals surface area contributed by atoms with Crippen molar-refractivity contribution in [3.63, 3.8) is 0 Å². The summed E-state index contributed by atoms with van der Waals surface area (Å²) in [7, 11) is 0. The molecule has 2 amide bonds. The van der Waals surface area contributed by atoms with Crippen LogP contribution >= 0.6 is 0 Å². The molecule has 0 fully saturated rings. The van der Waals surface area contributed by atoms with E-state index in [9.17, 15) is 19.8 Å². The van der Waals surface area contributed by atoms with Crippen molar-refractivity contribution in [2.45, 2.75) is 0 Å². The molecule has 0 aromatic heterocycles. The Morgan fingerprint density at radius 3 is 1.50 bits per heavy atom. The van der Waals surface area contributed by atoms with Gasteiger partial charge in [-0.2, -0.15) is 0 Å². The van der Waals surface area contributed by atoms with Crippen LogP contribution in [0.5, 0.6) is 11.5 Å². The first-order valence-electron chi connectivity index (χ1n) is 4.09. The Kier molecular flexibility index (Phi) is 3.28. The fourth-order valence-corrected chi connectivity index (χ4v) is 1.10. The number of phenolic OH excluding ortho intramolecular Hbond substituents is 2. The van der Waals surface area contributed by atoms with Crippen molar-refractivity contribution in [2.24, 2.45) is 11.7 Å². The lowest BCUT2D eigenvalue weighted by Crippen LogP contribution is -2.31. The number of nitrogens with one attached hydrogen (secondary N) is 2. The number of carbonyl (C=O) groups is 2. The highest BCUT2D eigenvalue weighted by molar-refractivity contribution is 6.02. The standard InChI is InChI=1S/C8H10N4O4/c9-11-7(15)3-1-2-4(8(16)12-10)6(14)5(3)13/h1-2,13-14H,9-10H2,(H,11,15)(H,12,16). The van der Waals surface area contributed by atoms with Crippen molar-refractivity contribution < 1.29 is 19.8 Å². The van der Waals surface area contributed by atoms with Crippen LogP contribution < -0.4 is 22.5 Å². The molecule has 0 saturated heterocycles. The van der Waals surface area contributed by atoms with Gasteiger partial charge < -0.3 is 10.2 Å². The number of hydrogen-bond donors (Lipinski definition) is 6. The second kappa shape index (κ2) is 4.47. The monoisotopic (exact) mass is 226 g/mol. The van der Waals surface area contributed by atoms with E-state index in [0.717, 1.165) is 12.1 Å². The molecular formula is C8H10N4O4. The van der Waals surface area contributed by atoms with E-state index in [0.29, 0.717) is 0 Å². The smallest absolute Gasteiger partial charge is 0.269 e. The van der Waals surface area contributed by atoms with Crippen LogP contribution in [0.2, 0.25) is 0 Å². The Morgan fingerprint density at radius 2 is 1.25 bits per heavy atom. The third-order valence-corrected chi connectivity index (χ3v) is 1.90. The maximum absolute atomic E-state index is 11.1. The molecule has 0 aliphatic carbocycles. The number of aromatic hydroxyl groups is 2. The van der Waals surface area contributed by atoms with Crippen LogP contribution in [0.15, 0.2) is 12.1 Å². The second-order valence-corrected chi connectivity index (χ2v) is 2.80. The Morgan fingerprint density at radius 1 is 0.938 bits per heavy atom. The molecule has 0 aliphatic heterocycles. The molecule has 0 aliphatic rings. The van der Waals surface area contributed by atoms with Crippen LogP contribution in [0.3, 0.4) is 0 Å². The first-order chi connectivity index (χ1) is 7.52. The number of benzene rings is 1. The Balaban J connectivity index is 3.28. The van der Waals surface area contributed by atoms with E-state index >= 15 is 0 Å². The molecule has 8 nitrogen and oxygen atoms in total. The number of nitrogens with two attached hydrogens (primary N) is 2. The first kappa shape index (κ1) is 11.8. The molecule has 86 valence electrons. The zero-order valence-electron chi connectivity index (χ0n) is 8.02. The highest BCUT2D eigenvalue weighted by atomic mass is 16.3. The lowest BCUT2D eigenvalue weighted by Gasteiger charge is -2.08. The average Bonchev–Trinajstić information content (AvgIpc) is 2.30. The minimum absolute atomic E-state index is 0.256. The van der Waals surface area contributed by atoms with E-state index < -0.39 is 23.3 Å². The zero-order valence-corrected chi connectivity index (χ0v) is 8.02. The summed E-state index contributed by atoms with van der Waals surface area (Å²) in [5.74, 6) is 6.62. The number of rotatable bonds is 2. The molecule has 1 rings (SSSR count). The van der Waals surface area contributed by atoms with Crippen LogP contribution in [0, 0.1) is 0 Å². The Labute approximate surface area is 89.8 Å². The van der Waals surface area contributed by atoms with Crippen molar-refractivity contribution in [2.75, 3.05) is 0 Å². The average molecular weight is 226 g/mol. The predicted octanol–water partition coefficient (Wildman–Crippen LogP) is -1.70. The van der Waals surface area contributed by atoms with Gasteiger partial charge in [-0.15, -0.1) is 0 Å². The molecule has 8 heteroatoms. The number of carbonyl (C=O) groups excluding carboxylic acids is 2. The largest absolute Gasteiger partial charge is 0.504 e. The summed E-state index contributed by atoms with van der Waals surface area (Å²) < 4.78 is 0. The Hall–Kier alpha value is -2.32. The van der Waals surface area contributed by atoms with Crippen molar-refractivity contribution in [3.8, 4) is 11.5 Å². The van der Waals surface area contributed by atoms with Crippen LogP contribution in [-0.2, 0) is 0 Å². The SMILES string of the molecule is NNC(=O)c1ccc(C(=O)NN)c(O)c1O. The van der Waals surface area contributed by atoms with Gasteiger partial charge in [0.25, 0.3) is 11.8 Å². The summed E-state index contributed by atoms with van der Waals surface area (Å²) in [6, 6.07) is 2.25. The minimum atomic E-state index is -0.799. The van der Waals surface area contributed by atoms with E-state index in [1.807, 2.05) is 0 Å². The third-order valence-electron chi connectivity index (χ3n) is 1.90. The molecule has 0 radical (unpaired) electrons. The van der Waals surface area contributed by atoms with Gasteiger partial charge in [0.2, 0.25) is 0 Å². The van der Waals surface area contributed by atoms with Crippen molar-refractivity contribution in [1.29, 1.82) is 0 Å². The molecule has 16 heavy (non-hydrogen) atoms. The predicted molar refractivity (Wildman–Crippen MR) is 53.1 cm³/mol. The van der Waals surface area contributed by atoms with E-state index in [1.54, 1.807) is 10.9 Å². The molecule has 8 N–H and O–H groups in total. The van der Waals surface area contributed by atoms with Gasteiger partial charge in [-0.3, -0.25) is 20.4 Å². The molecule has 0 bridgehead atoms. The number of nitrogen functional groups attached to an aromatic ring is 2. The molecular weight excluding hydrogens is 216 g/mol. The van der Waals surface area contributed by atoms with Gasteiger partial charge in [0.15, 0.2) is 11.5 Å². The van der Waals surface area contributed by atoms with E-state index in [1.165, 1.54) is 0 Å². The maximum atomic E-state index is 11.1. The molecule has 0 atom stereocenters. The maximum Gasteiger partial charge on any atom is 0.269 e. The van der Waals surface area contributed by atoms with E-state index in [4.69, 9.17) is 11.7 Å². The summed E-state index contributed by atoms with van der Waals surface area (Å²) in [5.41, 5.74) is 3.04. The zero-order chi connectivity index (χ0) is 12.3. The normalized spacial score (nSPS) is 9.62. The van der Waals surface area contributed by atoms with Gasteiger partial charge in [0.1, 0.15) is 0 Å². The Bertz CT molecular complexity index is 405. The molecule has 1 aromatic rings. The summed E-state index contributed by atoms with van der Waals surface area (Å²) in [6.07, 6.45) is 0. The van der Waals surface area contributed by atoms with E-state index in [2.05, 4.69) is 0 Å². The summed E-state index contributed by atoms with van der Waals surface area (Å²) >= 11 is 0. The van der Waals surface area contributed by atoms with Crippen LogP contribution in [0.4, 0.5) is 0 Å². The minimum Gasteiger partial charge on any atom is -0.504 e. The molecule has 1 aromatic carbocycles. The summed E-state index contributed by atoms with van der Waals surface area (Å²) in [4.78, 5) is 22.2. The lowest BCUT2D eigenvalue weighted by molar-refractivity contribution is 0.0936. The first-order valence-corrected chi connectivity index (χ1v) is 4.09. The van der Waals surface area contributed by atoms with Gasteiger partial charge in [0.05, 0.1) is 11.1 Å². The molecule has 0 spiro atoms. The number of phenols is 2. The second-order valence-electron chi connectivity index (χ2n) is 2.80.